The molecule has 5 heteroatoms. The molecule has 0 saturated carbocycles. The first kappa shape index (κ1) is 22.6. The third-order valence-electron chi connectivity index (χ3n) is 2.71. The van der Waals surface area contributed by atoms with E-state index in [-0.39, 0.29) is 22.6 Å². The molecule has 1 rings (SSSR count). The first-order chi connectivity index (χ1) is 9.30. The number of nitrogens with zero attached hydrogens (tertiary/aromatic N) is 1. The number of thiol groups is 1. The van der Waals surface area contributed by atoms with E-state index in [0.29, 0.717) is 5.75 Å². The molecule has 20 heavy (non-hydrogen) atoms. The highest BCUT2D eigenvalue weighted by molar-refractivity contribution is 8.00. The zero-order valence-electron chi connectivity index (χ0n) is 14.3. The molecule has 2 N–H and O–H groups in total. The zero-order chi connectivity index (χ0) is 16.3. The summed E-state index contributed by atoms with van der Waals surface area (Å²) in [7, 11) is 0. The van der Waals surface area contributed by atoms with E-state index < -0.39 is 0 Å². The fraction of sp³-hybridized carbons (Fsp3) is 0.933. The molecule has 1 unspecified atom stereocenters. The summed E-state index contributed by atoms with van der Waals surface area (Å²) in [4.78, 5) is 13.8. The smallest absolute Gasteiger partial charge is 0.148 e. The lowest BCUT2D eigenvalue weighted by Crippen LogP contribution is -2.49. The van der Waals surface area contributed by atoms with Crippen LogP contribution in [0.5, 0.6) is 0 Å². The minimum absolute atomic E-state index is 0.00213. The molecule has 2 atom stereocenters. The molecular formula is C15H34N2OS2. The largest absolute Gasteiger partial charge is 0.326 e. The highest BCUT2D eigenvalue weighted by atomic mass is 32.2. The fourth-order valence-electron chi connectivity index (χ4n) is 2.11. The number of thioether (sulfide) groups is 1. The van der Waals surface area contributed by atoms with Crippen LogP contribution in [0.15, 0.2) is 0 Å². The summed E-state index contributed by atoms with van der Waals surface area (Å²) in [5.41, 5.74) is 5.87. The van der Waals surface area contributed by atoms with Crippen LogP contribution in [0, 0.1) is 0 Å². The molecule has 0 aromatic rings. The average Bonchev–Trinajstić information content (AvgIpc) is 2.67. The summed E-state index contributed by atoms with van der Waals surface area (Å²) in [5.74, 6) is 1.78. The number of nitrogens with two attached hydrogens (primary N) is 1. The standard InChI is InChI=1S/C10H20N2OS2.C3H8.C2H6/c1-7(13)9-10(2,3)15-6-12(9)4-8(11)5-14;1-3-2;1-2/h8-9,14H,4-6,11H2,1-3H3;3H2,1-2H3;1-2H3/t8-,9?;;/m1../s1. The molecule has 0 bridgehead atoms. The van der Waals surface area contributed by atoms with Gasteiger partial charge in [-0.2, -0.15) is 12.6 Å². The van der Waals surface area contributed by atoms with Crippen LogP contribution in [0.2, 0.25) is 0 Å². The number of rotatable bonds is 4. The summed E-state index contributed by atoms with van der Waals surface area (Å²) < 4.78 is 0.00213. The molecule has 1 fully saturated rings. The van der Waals surface area contributed by atoms with Crippen molar-refractivity contribution in [3.8, 4) is 0 Å². The number of hydrogen-bond acceptors (Lipinski definition) is 5. The fourth-order valence-corrected chi connectivity index (χ4v) is 3.45. The Bertz CT molecular complexity index is 260. The van der Waals surface area contributed by atoms with E-state index in [4.69, 9.17) is 5.73 Å². The van der Waals surface area contributed by atoms with Gasteiger partial charge in [-0.15, -0.1) is 11.8 Å². The second-order valence-corrected chi connectivity index (χ2v) is 7.28. The Morgan fingerprint density at radius 3 is 2.25 bits per heavy atom. The van der Waals surface area contributed by atoms with Crippen LogP contribution in [0.25, 0.3) is 0 Å². The van der Waals surface area contributed by atoms with Gasteiger partial charge in [0, 0.05) is 29.0 Å². The van der Waals surface area contributed by atoms with Gasteiger partial charge in [0.2, 0.25) is 0 Å². The van der Waals surface area contributed by atoms with E-state index in [2.05, 4.69) is 45.2 Å². The highest BCUT2D eigenvalue weighted by Crippen LogP contribution is 2.39. The van der Waals surface area contributed by atoms with E-state index in [1.54, 1.807) is 6.92 Å². The Balaban J connectivity index is 0. The second-order valence-electron chi connectivity index (χ2n) is 5.31. The molecule has 0 aliphatic carbocycles. The maximum atomic E-state index is 11.6. The Hall–Kier alpha value is 0.290. The van der Waals surface area contributed by atoms with E-state index in [1.807, 2.05) is 25.6 Å². The maximum absolute atomic E-state index is 11.6. The van der Waals surface area contributed by atoms with E-state index in [0.717, 1.165) is 12.4 Å². The van der Waals surface area contributed by atoms with E-state index in [1.165, 1.54) is 6.42 Å². The Labute approximate surface area is 135 Å². The van der Waals surface area contributed by atoms with E-state index >= 15 is 0 Å². The molecule has 0 spiro atoms. The number of carbonyl (C=O) groups excluding carboxylic acids is 1. The zero-order valence-corrected chi connectivity index (χ0v) is 16.0. The number of hydrogen-bond donors (Lipinski definition) is 2. The third-order valence-corrected chi connectivity index (χ3v) is 4.61. The molecule has 1 saturated heterocycles. The summed E-state index contributed by atoms with van der Waals surface area (Å²) >= 11 is 5.99. The van der Waals surface area contributed by atoms with Crippen molar-refractivity contribution in [3.63, 3.8) is 0 Å². The van der Waals surface area contributed by atoms with Crippen molar-refractivity contribution in [2.75, 3.05) is 18.2 Å². The SMILES string of the molecule is CC.CC(=O)C1N(C[C@@H](N)CS)CSC1(C)C.CCC. The van der Waals surface area contributed by atoms with Gasteiger partial charge < -0.3 is 5.73 Å². The van der Waals surface area contributed by atoms with E-state index in [9.17, 15) is 4.79 Å². The van der Waals surface area contributed by atoms with Gasteiger partial charge >= 0.3 is 0 Å². The summed E-state index contributed by atoms with van der Waals surface area (Å²) in [6.45, 7) is 14.9. The molecule has 0 radical (unpaired) electrons. The highest BCUT2D eigenvalue weighted by Gasteiger charge is 2.43. The monoisotopic (exact) mass is 322 g/mol. The Kier molecular flexibility index (Phi) is 13.4. The van der Waals surface area contributed by atoms with Crippen LogP contribution < -0.4 is 5.73 Å². The average molecular weight is 323 g/mol. The van der Waals surface area contributed by atoms with Crippen molar-refractivity contribution < 1.29 is 4.79 Å². The first-order valence-corrected chi connectivity index (χ1v) is 9.16. The summed E-state index contributed by atoms with van der Waals surface area (Å²) in [6.07, 6.45) is 1.25. The van der Waals surface area contributed by atoms with Crippen LogP contribution in [0.4, 0.5) is 0 Å². The summed E-state index contributed by atoms with van der Waals surface area (Å²) in [6, 6.07) is 0.0399. The van der Waals surface area contributed by atoms with Gasteiger partial charge in [-0.1, -0.05) is 34.1 Å². The van der Waals surface area contributed by atoms with Crippen molar-refractivity contribution in [3.05, 3.63) is 0 Å². The first-order valence-electron chi connectivity index (χ1n) is 7.55. The third kappa shape index (κ3) is 7.91. The molecule has 122 valence electrons. The molecule has 1 aliphatic rings. The topological polar surface area (TPSA) is 46.3 Å². The minimum Gasteiger partial charge on any atom is -0.326 e. The molecule has 3 nitrogen and oxygen atoms in total. The second kappa shape index (κ2) is 11.9. The molecule has 0 amide bonds. The molecule has 0 aromatic heterocycles. The molecule has 0 aromatic carbocycles. The van der Waals surface area contributed by atoms with Crippen LogP contribution in [0.1, 0.15) is 54.9 Å². The number of ketones is 1. The molecule has 1 aliphatic heterocycles. The van der Waals surface area contributed by atoms with Gasteiger partial charge in [0.1, 0.15) is 5.78 Å². The summed E-state index contributed by atoms with van der Waals surface area (Å²) in [5, 5.41) is 0. The van der Waals surface area contributed by atoms with Gasteiger partial charge in [0.25, 0.3) is 0 Å². The van der Waals surface area contributed by atoms with Crippen LogP contribution in [0.3, 0.4) is 0 Å². The minimum atomic E-state index is -0.00608. The van der Waals surface area contributed by atoms with Gasteiger partial charge in [-0.3, -0.25) is 9.69 Å². The van der Waals surface area contributed by atoms with Crippen LogP contribution in [-0.4, -0.2) is 45.7 Å². The molecule has 1 heterocycles. The van der Waals surface area contributed by atoms with Crippen LogP contribution in [-0.2, 0) is 4.79 Å². The predicted octanol–water partition coefficient (Wildman–Crippen LogP) is 3.43. The van der Waals surface area contributed by atoms with Crippen LogP contribution >= 0.6 is 24.4 Å². The van der Waals surface area contributed by atoms with Gasteiger partial charge in [-0.25, -0.2) is 0 Å². The number of carbonyl (C=O) groups is 1. The Morgan fingerprint density at radius 1 is 1.45 bits per heavy atom. The molecular weight excluding hydrogens is 288 g/mol. The maximum Gasteiger partial charge on any atom is 0.148 e. The van der Waals surface area contributed by atoms with Crippen molar-refractivity contribution in [1.82, 2.24) is 4.90 Å². The van der Waals surface area contributed by atoms with Gasteiger partial charge in [-0.05, 0) is 20.8 Å². The normalized spacial score (nSPS) is 22.1. The van der Waals surface area contributed by atoms with Gasteiger partial charge in [0.15, 0.2) is 0 Å². The van der Waals surface area contributed by atoms with Crippen molar-refractivity contribution in [1.29, 1.82) is 0 Å². The van der Waals surface area contributed by atoms with Gasteiger partial charge in [0.05, 0.1) is 6.04 Å². The lowest BCUT2D eigenvalue weighted by molar-refractivity contribution is -0.122. The lowest BCUT2D eigenvalue weighted by Gasteiger charge is -2.30. The number of Topliss-reactive ketones (excluding diaryl/α,β-unsaturated/α-hetero) is 1. The lowest BCUT2D eigenvalue weighted by atomic mass is 9.98. The quantitative estimate of drug-likeness (QED) is 0.779. The van der Waals surface area contributed by atoms with Crippen molar-refractivity contribution in [2.45, 2.75) is 71.7 Å². The predicted molar refractivity (Wildman–Crippen MR) is 96.9 cm³/mol. The Morgan fingerprint density at radius 2 is 1.90 bits per heavy atom. The van der Waals surface area contributed by atoms with Crippen molar-refractivity contribution >= 4 is 30.2 Å². The van der Waals surface area contributed by atoms with Crippen molar-refractivity contribution in [2.24, 2.45) is 5.73 Å².